The summed E-state index contributed by atoms with van der Waals surface area (Å²) in [5, 5.41) is 3.21. The van der Waals surface area contributed by atoms with E-state index in [0.29, 0.717) is 59.6 Å². The van der Waals surface area contributed by atoms with Gasteiger partial charge in [-0.15, -0.1) is 0 Å². The Balaban J connectivity index is 1.87. The molecule has 0 bridgehead atoms. The molecule has 1 saturated heterocycles. The maximum atomic E-state index is 12.9. The van der Waals surface area contributed by atoms with Crippen molar-refractivity contribution in [3.05, 3.63) is 47.0 Å². The zero-order chi connectivity index (χ0) is 20.8. The highest BCUT2D eigenvalue weighted by atomic mass is 35.5. The molecule has 0 unspecified atom stereocenters. The molecule has 0 saturated carbocycles. The van der Waals surface area contributed by atoms with Crippen LogP contribution in [0.5, 0.6) is 11.5 Å². The van der Waals surface area contributed by atoms with Crippen LogP contribution in [-0.2, 0) is 4.79 Å². The molecule has 1 fully saturated rings. The van der Waals surface area contributed by atoms with Crippen molar-refractivity contribution in [2.75, 3.05) is 30.0 Å². The number of anilines is 2. The van der Waals surface area contributed by atoms with E-state index in [0.717, 1.165) is 12.8 Å². The van der Waals surface area contributed by atoms with Crippen molar-refractivity contribution in [1.29, 1.82) is 0 Å². The third-order valence-electron chi connectivity index (χ3n) is 4.54. The smallest absolute Gasteiger partial charge is 0.255 e. The number of carbonyl (C=O) groups is 2. The number of amides is 2. The van der Waals surface area contributed by atoms with Crippen LogP contribution < -0.4 is 19.7 Å². The standard InChI is InChI=1S/C22H25ClN2O4/c1-3-12-29-21-16(23)13-15(14-19(21)28-4-2)22(27)24-17-8-5-6-9-18(17)25-11-7-10-20(25)26/h5-6,8-9,13-14H,3-4,7,10-12H2,1-2H3,(H,24,27). The van der Waals surface area contributed by atoms with Crippen molar-refractivity contribution in [3.63, 3.8) is 0 Å². The van der Waals surface area contributed by atoms with Crippen molar-refractivity contribution in [2.24, 2.45) is 0 Å². The first kappa shape index (κ1) is 21.0. The first-order chi connectivity index (χ1) is 14.0. The van der Waals surface area contributed by atoms with Gasteiger partial charge < -0.3 is 19.7 Å². The van der Waals surface area contributed by atoms with Crippen molar-refractivity contribution in [3.8, 4) is 11.5 Å². The van der Waals surface area contributed by atoms with Crippen LogP contribution in [-0.4, -0.2) is 31.6 Å². The van der Waals surface area contributed by atoms with Crippen molar-refractivity contribution < 1.29 is 19.1 Å². The first-order valence-electron chi connectivity index (χ1n) is 9.85. The molecule has 0 atom stereocenters. The Morgan fingerprint density at radius 1 is 1.21 bits per heavy atom. The number of benzene rings is 2. The molecule has 0 aromatic heterocycles. The second-order valence-corrected chi connectivity index (χ2v) is 7.09. The van der Waals surface area contributed by atoms with E-state index in [2.05, 4.69) is 5.32 Å². The molecule has 0 aliphatic carbocycles. The number of carbonyl (C=O) groups excluding carboxylic acids is 2. The summed E-state index contributed by atoms with van der Waals surface area (Å²) in [5.41, 5.74) is 1.63. The molecule has 1 aliphatic heterocycles. The first-order valence-corrected chi connectivity index (χ1v) is 10.2. The highest BCUT2D eigenvalue weighted by Crippen LogP contribution is 2.37. The molecule has 0 radical (unpaired) electrons. The molecule has 2 amide bonds. The van der Waals surface area contributed by atoms with Crippen molar-refractivity contribution in [2.45, 2.75) is 33.1 Å². The summed E-state index contributed by atoms with van der Waals surface area (Å²) in [5.74, 6) is 0.594. The average molecular weight is 417 g/mol. The predicted molar refractivity (Wildman–Crippen MR) is 114 cm³/mol. The van der Waals surface area contributed by atoms with Gasteiger partial charge in [-0.2, -0.15) is 0 Å². The molecule has 154 valence electrons. The van der Waals surface area contributed by atoms with Gasteiger partial charge in [0.05, 0.1) is 29.6 Å². The number of para-hydroxylation sites is 2. The predicted octanol–water partition coefficient (Wildman–Crippen LogP) is 4.91. The molecule has 7 heteroatoms. The summed E-state index contributed by atoms with van der Waals surface area (Å²) in [4.78, 5) is 26.8. The lowest BCUT2D eigenvalue weighted by atomic mass is 10.1. The SMILES string of the molecule is CCCOc1c(Cl)cc(C(=O)Nc2ccccc2N2CCCC2=O)cc1OCC. The van der Waals surface area contributed by atoms with Crippen LogP contribution >= 0.6 is 11.6 Å². The van der Waals surface area contributed by atoms with Gasteiger partial charge in [0.15, 0.2) is 11.5 Å². The summed E-state index contributed by atoms with van der Waals surface area (Å²) in [6.45, 7) is 5.42. The lowest BCUT2D eigenvalue weighted by Crippen LogP contribution is -2.25. The molecule has 29 heavy (non-hydrogen) atoms. The van der Waals surface area contributed by atoms with Crippen LogP contribution in [0.4, 0.5) is 11.4 Å². The van der Waals surface area contributed by atoms with Crippen LogP contribution in [0.15, 0.2) is 36.4 Å². The van der Waals surface area contributed by atoms with Crippen LogP contribution in [0, 0.1) is 0 Å². The van der Waals surface area contributed by atoms with E-state index in [1.807, 2.05) is 32.0 Å². The van der Waals surface area contributed by atoms with Crippen molar-refractivity contribution in [1.82, 2.24) is 0 Å². The van der Waals surface area contributed by atoms with Gasteiger partial charge in [0.1, 0.15) is 0 Å². The lowest BCUT2D eigenvalue weighted by Gasteiger charge is -2.20. The maximum absolute atomic E-state index is 12.9. The second-order valence-electron chi connectivity index (χ2n) is 6.69. The zero-order valence-electron chi connectivity index (χ0n) is 16.7. The van der Waals surface area contributed by atoms with E-state index < -0.39 is 0 Å². The molecular formula is C22H25ClN2O4. The number of halogens is 1. The average Bonchev–Trinajstić information content (AvgIpc) is 3.13. The third-order valence-corrected chi connectivity index (χ3v) is 4.82. The van der Waals surface area contributed by atoms with E-state index in [-0.39, 0.29) is 11.8 Å². The van der Waals surface area contributed by atoms with E-state index in [1.54, 1.807) is 23.1 Å². The molecule has 3 rings (SSSR count). The molecule has 1 heterocycles. The molecule has 0 spiro atoms. The van der Waals surface area contributed by atoms with E-state index in [1.165, 1.54) is 0 Å². The van der Waals surface area contributed by atoms with E-state index in [9.17, 15) is 9.59 Å². The highest BCUT2D eigenvalue weighted by Gasteiger charge is 2.24. The molecule has 2 aromatic rings. The quantitative estimate of drug-likeness (QED) is 0.664. The molecule has 1 N–H and O–H groups in total. The van der Waals surface area contributed by atoms with Gasteiger partial charge in [-0.3, -0.25) is 9.59 Å². The van der Waals surface area contributed by atoms with Crippen LogP contribution in [0.25, 0.3) is 0 Å². The fraction of sp³-hybridized carbons (Fsp3) is 0.364. The Morgan fingerprint density at radius 2 is 2.00 bits per heavy atom. The van der Waals surface area contributed by atoms with Gasteiger partial charge in [0.2, 0.25) is 5.91 Å². The van der Waals surface area contributed by atoms with Gasteiger partial charge in [0, 0.05) is 18.5 Å². The molecule has 6 nitrogen and oxygen atoms in total. The van der Waals surface area contributed by atoms with Crippen molar-refractivity contribution >= 4 is 34.8 Å². The Morgan fingerprint density at radius 3 is 2.69 bits per heavy atom. The van der Waals surface area contributed by atoms with Crippen LogP contribution in [0.3, 0.4) is 0 Å². The van der Waals surface area contributed by atoms with Gasteiger partial charge in [-0.25, -0.2) is 0 Å². The van der Waals surface area contributed by atoms with Gasteiger partial charge >= 0.3 is 0 Å². The molecule has 1 aliphatic rings. The monoisotopic (exact) mass is 416 g/mol. The summed E-state index contributed by atoms with van der Waals surface area (Å²) < 4.78 is 11.3. The number of hydrogen-bond donors (Lipinski definition) is 1. The molecular weight excluding hydrogens is 392 g/mol. The summed E-state index contributed by atoms with van der Waals surface area (Å²) >= 11 is 6.37. The summed E-state index contributed by atoms with van der Waals surface area (Å²) in [6.07, 6.45) is 2.17. The lowest BCUT2D eigenvalue weighted by molar-refractivity contribution is -0.117. The van der Waals surface area contributed by atoms with Gasteiger partial charge in [-0.1, -0.05) is 30.7 Å². The summed E-state index contributed by atoms with van der Waals surface area (Å²) in [6, 6.07) is 10.5. The van der Waals surface area contributed by atoms with Gasteiger partial charge in [0.25, 0.3) is 5.91 Å². The Hall–Kier alpha value is -2.73. The van der Waals surface area contributed by atoms with Gasteiger partial charge in [-0.05, 0) is 44.0 Å². The Kier molecular flexibility index (Phi) is 6.99. The summed E-state index contributed by atoms with van der Waals surface area (Å²) in [7, 11) is 0. The number of nitrogens with zero attached hydrogens (tertiary/aromatic N) is 1. The fourth-order valence-electron chi connectivity index (χ4n) is 3.22. The maximum Gasteiger partial charge on any atom is 0.255 e. The van der Waals surface area contributed by atoms with E-state index >= 15 is 0 Å². The minimum Gasteiger partial charge on any atom is -0.490 e. The molecule has 2 aromatic carbocycles. The minimum absolute atomic E-state index is 0.0609. The number of rotatable bonds is 8. The Labute approximate surface area is 175 Å². The van der Waals surface area contributed by atoms with Crippen LogP contribution in [0.1, 0.15) is 43.5 Å². The third kappa shape index (κ3) is 4.82. The second kappa shape index (κ2) is 9.65. The number of ether oxygens (including phenoxy) is 2. The topological polar surface area (TPSA) is 67.9 Å². The minimum atomic E-state index is -0.339. The number of hydrogen-bond acceptors (Lipinski definition) is 4. The normalized spacial score (nSPS) is 13.5. The fourth-order valence-corrected chi connectivity index (χ4v) is 3.48. The zero-order valence-corrected chi connectivity index (χ0v) is 17.4. The van der Waals surface area contributed by atoms with E-state index in [4.69, 9.17) is 21.1 Å². The van der Waals surface area contributed by atoms with Crippen LogP contribution in [0.2, 0.25) is 5.02 Å². The largest absolute Gasteiger partial charge is 0.490 e. The number of nitrogens with one attached hydrogen (secondary N) is 1. The highest BCUT2D eigenvalue weighted by molar-refractivity contribution is 6.32. The Bertz CT molecular complexity index is 900.